The fourth-order valence-electron chi connectivity index (χ4n) is 1.75. The van der Waals surface area contributed by atoms with Crippen LogP contribution in [0.15, 0.2) is 0 Å². The molecule has 114 valence electrons. The third-order valence-electron chi connectivity index (χ3n) is 2.73. The predicted octanol–water partition coefficient (Wildman–Crippen LogP) is 1.26. The van der Waals surface area contributed by atoms with Crippen molar-refractivity contribution in [3.8, 4) is 0 Å². The summed E-state index contributed by atoms with van der Waals surface area (Å²) in [7, 11) is -4.23. The van der Waals surface area contributed by atoms with Crippen LogP contribution in [0.2, 0.25) is 0 Å². The molecule has 0 aromatic carbocycles. The number of hydrogen-bond donors (Lipinski definition) is 1. The van der Waals surface area contributed by atoms with Crippen LogP contribution in [-0.2, 0) is 14.6 Å². The molecule has 0 unspecified atom stereocenters. The van der Waals surface area contributed by atoms with Gasteiger partial charge in [0.15, 0.2) is 0 Å². The van der Waals surface area contributed by atoms with Gasteiger partial charge in [-0.15, -0.1) is 12.4 Å². The molecule has 4 nitrogen and oxygen atoms in total. The third-order valence-corrected chi connectivity index (χ3v) is 3.19. The van der Waals surface area contributed by atoms with E-state index in [-0.39, 0.29) is 50.0 Å². The van der Waals surface area contributed by atoms with Crippen molar-refractivity contribution in [1.82, 2.24) is 0 Å². The third kappa shape index (κ3) is 24.5. The first-order valence-corrected chi connectivity index (χ1v) is 8.04. The van der Waals surface area contributed by atoms with Gasteiger partial charge in [-0.1, -0.05) is 64.7 Å². The summed E-state index contributed by atoms with van der Waals surface area (Å²) >= 11 is 0. The van der Waals surface area contributed by atoms with Crippen LogP contribution in [0.1, 0.15) is 72.6 Å². The van der Waals surface area contributed by atoms with E-state index in [0.717, 1.165) is 12.8 Å². The molecule has 0 saturated carbocycles. The van der Waals surface area contributed by atoms with Crippen LogP contribution in [0.25, 0.3) is 0 Å². The predicted molar refractivity (Wildman–Crippen MR) is 77.7 cm³/mol. The second kappa shape index (κ2) is 17.2. The maximum Gasteiger partial charge on any atom is 1.00 e. The van der Waals surface area contributed by atoms with Gasteiger partial charge in [0.2, 0.25) is 0 Å². The molecule has 0 aromatic rings. The van der Waals surface area contributed by atoms with Gasteiger partial charge in [-0.2, -0.15) is 8.42 Å². The monoisotopic (exact) mass is 326 g/mol. The van der Waals surface area contributed by atoms with Crippen molar-refractivity contribution in [2.24, 2.45) is 0 Å². The van der Waals surface area contributed by atoms with Crippen LogP contribution in [0.3, 0.4) is 0 Å². The summed E-state index contributed by atoms with van der Waals surface area (Å²) < 4.78 is 33.0. The van der Waals surface area contributed by atoms with E-state index >= 15 is 0 Å². The molecule has 0 aliphatic carbocycles. The summed E-state index contributed by atoms with van der Waals surface area (Å²) in [4.78, 5) is 0. The molecule has 0 spiro atoms. The van der Waals surface area contributed by atoms with Crippen LogP contribution in [0.5, 0.6) is 0 Å². The van der Waals surface area contributed by atoms with E-state index in [2.05, 4.69) is 11.1 Å². The van der Waals surface area contributed by atoms with Crippen LogP contribution in [0, 0.1) is 0 Å². The van der Waals surface area contributed by atoms with Crippen molar-refractivity contribution in [3.63, 3.8) is 0 Å². The Balaban J connectivity index is -0.000000427. The number of halogens is 1. The molecule has 7 heteroatoms. The Morgan fingerprint density at radius 2 is 1.26 bits per heavy atom. The Labute approximate surface area is 148 Å². The summed E-state index contributed by atoms with van der Waals surface area (Å²) in [5, 5.41) is 0. The molecule has 0 atom stereocenters. The Morgan fingerprint density at radius 3 is 1.63 bits per heavy atom. The first kappa shape index (κ1) is 25.1. The van der Waals surface area contributed by atoms with E-state index in [4.69, 9.17) is 4.55 Å². The van der Waals surface area contributed by atoms with Crippen molar-refractivity contribution < 1.29 is 48.1 Å². The SMILES string of the molecule is CCCCCCCCCCCCOS(=O)(=O)O.Cl.[H-].[Na+]. The Morgan fingerprint density at radius 1 is 0.895 bits per heavy atom. The summed E-state index contributed by atoms with van der Waals surface area (Å²) in [5.41, 5.74) is 0. The Hall–Kier alpha value is 1.16. The zero-order valence-electron chi connectivity index (χ0n) is 13.3. The van der Waals surface area contributed by atoms with Gasteiger partial charge in [-0.05, 0) is 6.42 Å². The Kier molecular flexibility index (Phi) is 22.8. The topological polar surface area (TPSA) is 63.6 Å². The average molecular weight is 327 g/mol. The quantitative estimate of drug-likeness (QED) is 0.333. The van der Waals surface area contributed by atoms with E-state index in [1.54, 1.807) is 0 Å². The van der Waals surface area contributed by atoms with Crippen molar-refractivity contribution in [2.75, 3.05) is 6.61 Å². The maximum atomic E-state index is 10.2. The van der Waals surface area contributed by atoms with Crippen molar-refractivity contribution in [3.05, 3.63) is 0 Å². The molecular formula is C12H28ClNaO4S. The maximum absolute atomic E-state index is 10.2. The van der Waals surface area contributed by atoms with Crippen molar-refractivity contribution in [2.45, 2.75) is 71.1 Å². The van der Waals surface area contributed by atoms with Crippen LogP contribution < -0.4 is 29.6 Å². The summed E-state index contributed by atoms with van der Waals surface area (Å²) in [6.07, 6.45) is 11.9. The molecule has 0 saturated heterocycles. The minimum absolute atomic E-state index is 0. The fraction of sp³-hybridized carbons (Fsp3) is 1.00. The standard InChI is InChI=1S/C12H26O4S.ClH.Na.H/c1-2-3-4-5-6-7-8-9-10-11-12-16-17(13,14)15;;;/h2-12H2,1H3,(H,13,14,15);1H;;/q;;+1;-1. The summed E-state index contributed by atoms with van der Waals surface area (Å²) in [5.74, 6) is 0. The van der Waals surface area contributed by atoms with Crippen molar-refractivity contribution >= 4 is 22.8 Å². The zero-order valence-corrected chi connectivity index (χ0v) is 15.9. The molecule has 0 amide bonds. The fourth-order valence-corrected chi connectivity index (χ4v) is 2.08. The minimum atomic E-state index is -4.23. The average Bonchev–Trinajstić information content (AvgIpc) is 2.24. The number of rotatable bonds is 12. The molecule has 0 aromatic heterocycles. The van der Waals surface area contributed by atoms with Gasteiger partial charge < -0.3 is 1.43 Å². The van der Waals surface area contributed by atoms with E-state index < -0.39 is 10.4 Å². The van der Waals surface area contributed by atoms with Crippen LogP contribution in [-0.4, -0.2) is 19.6 Å². The first-order valence-electron chi connectivity index (χ1n) is 6.68. The second-order valence-electron chi connectivity index (χ2n) is 4.43. The number of unbranched alkanes of at least 4 members (excludes halogenated alkanes) is 9. The van der Waals surface area contributed by atoms with E-state index in [1.165, 1.54) is 44.9 Å². The van der Waals surface area contributed by atoms with Gasteiger partial charge in [-0.3, -0.25) is 4.55 Å². The molecule has 0 bridgehead atoms. The second-order valence-corrected chi connectivity index (χ2v) is 5.52. The molecule has 0 heterocycles. The molecular weight excluding hydrogens is 299 g/mol. The van der Waals surface area contributed by atoms with Gasteiger partial charge in [0, 0.05) is 0 Å². The molecule has 0 rings (SSSR count). The largest absolute Gasteiger partial charge is 1.00 e. The molecule has 19 heavy (non-hydrogen) atoms. The minimum Gasteiger partial charge on any atom is -1.00 e. The zero-order chi connectivity index (χ0) is 13.0. The van der Waals surface area contributed by atoms with E-state index in [1.807, 2.05) is 0 Å². The van der Waals surface area contributed by atoms with Gasteiger partial charge in [0.05, 0.1) is 6.61 Å². The number of hydrogen-bond acceptors (Lipinski definition) is 3. The smallest absolute Gasteiger partial charge is 1.00 e. The molecule has 0 aliphatic heterocycles. The molecule has 0 fully saturated rings. The van der Waals surface area contributed by atoms with Crippen molar-refractivity contribution in [1.29, 1.82) is 0 Å². The first-order chi connectivity index (χ1) is 8.06. The van der Waals surface area contributed by atoms with Crippen LogP contribution >= 0.6 is 12.4 Å². The molecule has 1 N–H and O–H groups in total. The van der Waals surface area contributed by atoms with Gasteiger partial charge in [0.1, 0.15) is 0 Å². The van der Waals surface area contributed by atoms with E-state index in [9.17, 15) is 8.42 Å². The summed E-state index contributed by atoms with van der Waals surface area (Å²) in [6, 6.07) is 0. The molecule has 0 radical (unpaired) electrons. The van der Waals surface area contributed by atoms with Gasteiger partial charge in [0.25, 0.3) is 0 Å². The van der Waals surface area contributed by atoms with E-state index in [0.29, 0.717) is 6.42 Å². The molecule has 0 aliphatic rings. The normalized spacial score (nSPS) is 10.6. The summed E-state index contributed by atoms with van der Waals surface area (Å²) in [6.45, 7) is 2.31. The van der Waals surface area contributed by atoms with Gasteiger partial charge in [-0.25, -0.2) is 4.18 Å². The van der Waals surface area contributed by atoms with Gasteiger partial charge >= 0.3 is 40.0 Å². The Bertz CT molecular complexity index is 266. The van der Waals surface area contributed by atoms with Crippen LogP contribution in [0.4, 0.5) is 0 Å².